The van der Waals surface area contributed by atoms with Gasteiger partial charge in [-0.15, -0.1) is 22.7 Å². The van der Waals surface area contributed by atoms with Crippen LogP contribution in [0.1, 0.15) is 11.1 Å². The Balaban J connectivity index is 1.18. The molecule has 0 bridgehead atoms. The Morgan fingerprint density at radius 3 is 1.38 bits per heavy atom. The van der Waals surface area contributed by atoms with Crippen LogP contribution < -0.4 is 10.6 Å². The maximum Gasteiger partial charge on any atom is 0.417 e. The van der Waals surface area contributed by atoms with Crippen molar-refractivity contribution < 1.29 is 35.9 Å². The second-order valence-corrected chi connectivity index (χ2v) is 14.6. The van der Waals surface area contributed by atoms with Crippen LogP contribution in [0.2, 0.25) is 0 Å². The largest absolute Gasteiger partial charge is 0.417 e. The van der Waals surface area contributed by atoms with E-state index in [1.165, 1.54) is 22.7 Å². The minimum atomic E-state index is -5.06. The first-order chi connectivity index (χ1) is 22.8. The Kier molecular flexibility index (Phi) is 9.69. The SMILES string of the molecule is O=C(CSc1nc2ccccc2s1)Nc1ccc(-c2ccc(NC(=O)CSc3nc4ccccc4s3)cc2C(F)(F)F)c(C(F)(F)F)c1. The lowest BCUT2D eigenvalue weighted by molar-refractivity contribution is -0.139. The summed E-state index contributed by atoms with van der Waals surface area (Å²) < 4.78 is 88.4. The van der Waals surface area contributed by atoms with Gasteiger partial charge in [0.15, 0.2) is 8.68 Å². The summed E-state index contributed by atoms with van der Waals surface area (Å²) in [6, 6.07) is 19.9. The van der Waals surface area contributed by atoms with Crippen molar-refractivity contribution in [3.8, 4) is 11.1 Å². The van der Waals surface area contributed by atoms with Crippen molar-refractivity contribution in [3.05, 3.63) is 96.1 Å². The molecule has 0 aliphatic heterocycles. The number of para-hydroxylation sites is 2. The van der Waals surface area contributed by atoms with Crippen LogP contribution in [0.4, 0.5) is 37.7 Å². The van der Waals surface area contributed by atoms with Crippen molar-refractivity contribution in [2.24, 2.45) is 0 Å². The molecule has 0 unspecified atom stereocenters. The molecule has 2 aromatic heterocycles. The fourth-order valence-electron chi connectivity index (χ4n) is 4.66. The molecule has 4 aromatic carbocycles. The van der Waals surface area contributed by atoms with E-state index in [2.05, 4.69) is 20.6 Å². The second kappa shape index (κ2) is 13.8. The summed E-state index contributed by atoms with van der Waals surface area (Å²) in [6.45, 7) is 0. The number of hydrogen-bond donors (Lipinski definition) is 2. The van der Waals surface area contributed by atoms with Crippen molar-refractivity contribution in [1.82, 2.24) is 9.97 Å². The van der Waals surface area contributed by atoms with Crippen LogP contribution in [0.25, 0.3) is 31.6 Å². The van der Waals surface area contributed by atoms with Crippen molar-refractivity contribution in [2.45, 2.75) is 21.0 Å². The van der Waals surface area contributed by atoms with E-state index in [0.717, 1.165) is 68.2 Å². The van der Waals surface area contributed by atoms with E-state index >= 15 is 0 Å². The molecule has 0 atom stereocenters. The molecule has 6 aromatic rings. The van der Waals surface area contributed by atoms with Gasteiger partial charge >= 0.3 is 12.4 Å². The van der Waals surface area contributed by atoms with E-state index < -0.39 is 46.4 Å². The molecule has 2 heterocycles. The molecule has 2 N–H and O–H groups in total. The van der Waals surface area contributed by atoms with Gasteiger partial charge in [0.2, 0.25) is 11.8 Å². The topological polar surface area (TPSA) is 84.0 Å². The summed E-state index contributed by atoms with van der Waals surface area (Å²) in [7, 11) is 0. The highest BCUT2D eigenvalue weighted by molar-refractivity contribution is 8.02. The fraction of sp³-hybridized carbons (Fsp3) is 0.125. The van der Waals surface area contributed by atoms with Gasteiger partial charge < -0.3 is 10.6 Å². The first kappa shape index (κ1) is 33.8. The summed E-state index contributed by atoms with van der Waals surface area (Å²) in [4.78, 5) is 33.9. The Hall–Kier alpha value is -4.12. The van der Waals surface area contributed by atoms with Crippen LogP contribution in [0.15, 0.2) is 93.6 Å². The number of anilines is 2. The molecular formula is C32H20F6N4O2S4. The Morgan fingerprint density at radius 2 is 1.00 bits per heavy atom. The number of carbonyl (C=O) groups excluding carboxylic acids is 2. The lowest BCUT2D eigenvalue weighted by atomic mass is 9.93. The fourth-order valence-corrected chi connectivity index (χ4v) is 8.39. The predicted molar refractivity (Wildman–Crippen MR) is 180 cm³/mol. The van der Waals surface area contributed by atoms with Crippen molar-refractivity contribution >= 4 is 89.8 Å². The van der Waals surface area contributed by atoms with Crippen LogP contribution >= 0.6 is 46.2 Å². The molecule has 0 aliphatic carbocycles. The Morgan fingerprint density at radius 1 is 0.604 bits per heavy atom. The first-order valence-electron chi connectivity index (χ1n) is 13.8. The zero-order chi connectivity index (χ0) is 34.1. The van der Waals surface area contributed by atoms with Gasteiger partial charge in [-0.2, -0.15) is 26.3 Å². The van der Waals surface area contributed by atoms with E-state index in [1.54, 1.807) is 0 Å². The van der Waals surface area contributed by atoms with Gasteiger partial charge in [0, 0.05) is 11.4 Å². The monoisotopic (exact) mass is 734 g/mol. The van der Waals surface area contributed by atoms with Crippen LogP contribution in [0.5, 0.6) is 0 Å². The number of nitrogens with one attached hydrogen (secondary N) is 2. The number of aromatic nitrogens is 2. The van der Waals surface area contributed by atoms with Crippen molar-refractivity contribution in [2.75, 3.05) is 22.1 Å². The zero-order valence-corrected chi connectivity index (χ0v) is 27.4. The smallest absolute Gasteiger partial charge is 0.325 e. The molecule has 0 spiro atoms. The second-order valence-electron chi connectivity index (χ2n) is 10.1. The molecule has 6 nitrogen and oxygen atoms in total. The summed E-state index contributed by atoms with van der Waals surface area (Å²) in [5, 5.41) is 4.77. The third kappa shape index (κ3) is 7.94. The lowest BCUT2D eigenvalue weighted by Gasteiger charge is -2.19. The van der Waals surface area contributed by atoms with Gasteiger partial charge in [0.25, 0.3) is 0 Å². The molecule has 16 heteroatoms. The summed E-state index contributed by atoms with van der Waals surface area (Å²) in [6.07, 6.45) is -10.1. The van der Waals surface area contributed by atoms with Gasteiger partial charge in [-0.05, 0) is 59.7 Å². The average molecular weight is 735 g/mol. The number of benzene rings is 4. The maximum absolute atomic E-state index is 14.2. The van der Waals surface area contributed by atoms with Crippen molar-refractivity contribution in [1.29, 1.82) is 0 Å². The standard InChI is InChI=1S/C32H20F6N4O2S4/c33-31(34,35)21-13-17(39-27(43)15-45-29-41-23-5-1-3-7-25(23)47-29)9-11-19(21)20-12-10-18(14-22(20)32(36,37)38)40-28(44)16-46-30-42-24-6-2-4-8-26(24)48-30/h1-14H,15-16H2,(H,39,43)(H,40,44). The minimum absolute atomic E-state index is 0.145. The summed E-state index contributed by atoms with van der Waals surface area (Å²) in [5.41, 5.74) is -3.16. The van der Waals surface area contributed by atoms with E-state index in [9.17, 15) is 35.9 Å². The highest BCUT2D eigenvalue weighted by Crippen LogP contribution is 2.44. The number of fused-ring (bicyclic) bond motifs is 2. The van der Waals surface area contributed by atoms with E-state index in [0.29, 0.717) is 20.8 Å². The van der Waals surface area contributed by atoms with Crippen molar-refractivity contribution in [3.63, 3.8) is 0 Å². The van der Waals surface area contributed by atoms with Gasteiger partial charge in [-0.1, -0.05) is 59.9 Å². The molecule has 48 heavy (non-hydrogen) atoms. The number of rotatable bonds is 9. The molecule has 2 amide bonds. The average Bonchev–Trinajstić information content (AvgIpc) is 3.66. The Labute approximate surface area is 285 Å². The predicted octanol–water partition coefficient (Wildman–Crippen LogP) is 10.1. The third-order valence-electron chi connectivity index (χ3n) is 6.71. The number of thioether (sulfide) groups is 2. The molecule has 0 saturated carbocycles. The lowest BCUT2D eigenvalue weighted by Crippen LogP contribution is -2.17. The Bertz CT molecular complexity index is 1930. The van der Waals surface area contributed by atoms with Gasteiger partial charge in [0.05, 0.1) is 43.1 Å². The molecule has 0 radical (unpaired) electrons. The van der Waals surface area contributed by atoms with E-state index in [1.807, 2.05) is 48.5 Å². The zero-order valence-electron chi connectivity index (χ0n) is 24.1. The first-order valence-corrected chi connectivity index (χ1v) is 17.4. The van der Waals surface area contributed by atoms with E-state index in [4.69, 9.17) is 0 Å². The quantitative estimate of drug-likeness (QED) is 0.114. The number of amides is 2. The molecule has 0 saturated heterocycles. The van der Waals surface area contributed by atoms with Crippen LogP contribution in [0, 0.1) is 0 Å². The highest BCUT2D eigenvalue weighted by atomic mass is 32.2. The van der Waals surface area contributed by atoms with Crippen LogP contribution in [-0.2, 0) is 21.9 Å². The number of carbonyl (C=O) groups is 2. The number of nitrogens with zero attached hydrogens (tertiary/aromatic N) is 2. The molecule has 6 rings (SSSR count). The number of hydrogen-bond acceptors (Lipinski definition) is 8. The maximum atomic E-state index is 14.2. The summed E-state index contributed by atoms with van der Waals surface area (Å²) >= 11 is 4.95. The third-order valence-corrected chi connectivity index (χ3v) is 11.1. The minimum Gasteiger partial charge on any atom is -0.325 e. The number of alkyl halides is 6. The normalized spacial score (nSPS) is 12.0. The van der Waals surface area contributed by atoms with Gasteiger partial charge in [-0.3, -0.25) is 9.59 Å². The molecule has 0 aliphatic rings. The number of thiazole rings is 2. The highest BCUT2D eigenvalue weighted by Gasteiger charge is 2.39. The molecular weight excluding hydrogens is 715 g/mol. The van der Waals surface area contributed by atoms with E-state index in [-0.39, 0.29) is 22.9 Å². The molecule has 246 valence electrons. The van der Waals surface area contributed by atoms with Crippen LogP contribution in [0.3, 0.4) is 0 Å². The molecule has 0 fully saturated rings. The van der Waals surface area contributed by atoms with Crippen LogP contribution in [-0.4, -0.2) is 33.3 Å². The number of halogens is 6. The van der Waals surface area contributed by atoms with Gasteiger partial charge in [-0.25, -0.2) is 9.97 Å². The summed E-state index contributed by atoms with van der Waals surface area (Å²) in [5.74, 6) is -1.52. The van der Waals surface area contributed by atoms with Gasteiger partial charge in [0.1, 0.15) is 0 Å².